The zero-order valence-corrected chi connectivity index (χ0v) is 16.3. The van der Waals surface area contributed by atoms with Crippen molar-refractivity contribution in [3.8, 4) is 5.75 Å². The lowest BCUT2D eigenvalue weighted by Crippen LogP contribution is -2.30. The molecule has 0 amide bonds. The number of sulfone groups is 1. The number of hydrogen-bond donors (Lipinski definition) is 0. The molecule has 1 aromatic heterocycles. The van der Waals surface area contributed by atoms with Crippen molar-refractivity contribution in [2.24, 2.45) is 0 Å². The van der Waals surface area contributed by atoms with Gasteiger partial charge in [-0.05, 0) is 50.3 Å². The Labute approximate surface area is 165 Å². The minimum Gasteiger partial charge on any atom is -0.483 e. The quantitative estimate of drug-likeness (QED) is 0.578. The summed E-state index contributed by atoms with van der Waals surface area (Å²) < 4.78 is 68.7. The molecule has 2 heterocycles. The second-order valence-electron chi connectivity index (χ2n) is 7.26. The first-order valence-corrected chi connectivity index (χ1v) is 10.2. The van der Waals surface area contributed by atoms with Gasteiger partial charge in [0.2, 0.25) is 0 Å². The maximum Gasteiger partial charge on any atom is 0.501 e. The van der Waals surface area contributed by atoms with Gasteiger partial charge >= 0.3 is 5.51 Å². The van der Waals surface area contributed by atoms with E-state index in [0.29, 0.717) is 17.0 Å². The zero-order valence-electron chi connectivity index (χ0n) is 15.5. The fourth-order valence-corrected chi connectivity index (χ4v) is 4.06. The summed E-state index contributed by atoms with van der Waals surface area (Å²) in [5, 5.41) is 0.914. The van der Waals surface area contributed by atoms with E-state index in [-0.39, 0.29) is 5.56 Å². The number of halogens is 3. The molecule has 0 saturated heterocycles. The van der Waals surface area contributed by atoms with Crippen molar-refractivity contribution in [3.05, 3.63) is 71.9 Å². The Morgan fingerprint density at radius 2 is 1.72 bits per heavy atom. The molecule has 0 aliphatic carbocycles. The van der Waals surface area contributed by atoms with Gasteiger partial charge in [0.15, 0.2) is 0 Å². The number of pyridine rings is 1. The number of nitrogens with zero attached hydrogens (tertiary/aromatic N) is 1. The number of benzene rings is 2. The smallest absolute Gasteiger partial charge is 0.483 e. The van der Waals surface area contributed by atoms with Gasteiger partial charge in [-0.3, -0.25) is 0 Å². The van der Waals surface area contributed by atoms with Gasteiger partial charge in [-0.1, -0.05) is 24.3 Å². The van der Waals surface area contributed by atoms with E-state index in [4.69, 9.17) is 4.74 Å². The Balaban J connectivity index is 1.93. The van der Waals surface area contributed by atoms with Gasteiger partial charge in [0, 0.05) is 16.5 Å². The Kier molecular flexibility index (Phi) is 4.24. The molecule has 0 radical (unpaired) electrons. The molecule has 0 unspecified atom stereocenters. The molecule has 8 heteroatoms. The van der Waals surface area contributed by atoms with E-state index in [2.05, 4.69) is 4.98 Å². The average molecular weight is 419 g/mol. The number of fused-ring (bicyclic) bond motifs is 2. The molecule has 0 fully saturated rings. The molecule has 0 bridgehead atoms. The second kappa shape index (κ2) is 6.32. The van der Waals surface area contributed by atoms with Crippen LogP contribution >= 0.6 is 0 Å². The highest BCUT2D eigenvalue weighted by atomic mass is 32.2. The van der Waals surface area contributed by atoms with E-state index in [9.17, 15) is 21.6 Å². The number of rotatable bonds is 2. The molecule has 150 valence electrons. The molecule has 2 aromatic carbocycles. The highest BCUT2D eigenvalue weighted by Crippen LogP contribution is 2.41. The molecule has 0 saturated carbocycles. The Bertz CT molecular complexity index is 1260. The van der Waals surface area contributed by atoms with Crippen molar-refractivity contribution in [1.29, 1.82) is 0 Å². The van der Waals surface area contributed by atoms with E-state index < -0.39 is 25.8 Å². The molecule has 4 rings (SSSR count). The minimum atomic E-state index is -5.48. The monoisotopic (exact) mass is 419 g/mol. The van der Waals surface area contributed by atoms with Crippen LogP contribution in [0, 0.1) is 0 Å². The first-order chi connectivity index (χ1) is 13.5. The zero-order chi connectivity index (χ0) is 21.0. The summed E-state index contributed by atoms with van der Waals surface area (Å²) >= 11 is 0. The van der Waals surface area contributed by atoms with E-state index in [1.54, 1.807) is 26.0 Å². The van der Waals surface area contributed by atoms with Crippen LogP contribution in [0.15, 0.2) is 65.6 Å². The van der Waals surface area contributed by atoms with Crippen molar-refractivity contribution in [2.75, 3.05) is 0 Å². The highest BCUT2D eigenvalue weighted by Gasteiger charge is 2.47. The van der Waals surface area contributed by atoms with E-state index in [1.165, 1.54) is 6.07 Å². The van der Waals surface area contributed by atoms with Gasteiger partial charge < -0.3 is 4.74 Å². The van der Waals surface area contributed by atoms with Crippen molar-refractivity contribution >= 4 is 26.3 Å². The third-order valence-corrected chi connectivity index (χ3v) is 6.08. The summed E-state index contributed by atoms with van der Waals surface area (Å²) in [4.78, 5) is 3.77. The van der Waals surface area contributed by atoms with E-state index >= 15 is 0 Å². The summed E-state index contributed by atoms with van der Waals surface area (Å²) in [6.45, 7) is 3.61. The van der Waals surface area contributed by atoms with Gasteiger partial charge in [-0.25, -0.2) is 13.4 Å². The Morgan fingerprint density at radius 3 is 2.45 bits per heavy atom. The molecular weight excluding hydrogens is 403 g/mol. The number of aromatic nitrogens is 1. The van der Waals surface area contributed by atoms with Gasteiger partial charge in [-0.2, -0.15) is 13.2 Å². The third-order valence-electron chi connectivity index (χ3n) is 4.60. The standard InChI is InChI=1S/C21H16F3NO3S/c1-20(2)12-16(18-9-7-13-5-3-4-6-17(13)25-18)15-11-14(8-10-19(15)28-20)29(26,27)21(22,23)24/h3-12H,1-2H3. The molecule has 1 aliphatic rings. The maximum atomic E-state index is 13.0. The Hall–Kier alpha value is -2.87. The van der Waals surface area contributed by atoms with E-state index in [0.717, 1.165) is 23.0 Å². The summed E-state index contributed by atoms with van der Waals surface area (Å²) in [7, 11) is -5.48. The first kappa shape index (κ1) is 19.4. The highest BCUT2D eigenvalue weighted by molar-refractivity contribution is 7.92. The Morgan fingerprint density at radius 1 is 1.00 bits per heavy atom. The molecule has 1 aliphatic heterocycles. The molecule has 4 nitrogen and oxygen atoms in total. The van der Waals surface area contributed by atoms with Crippen LogP contribution in [0.25, 0.3) is 16.5 Å². The van der Waals surface area contributed by atoms with Crippen molar-refractivity contribution in [1.82, 2.24) is 4.98 Å². The molecule has 0 atom stereocenters. The average Bonchev–Trinajstić information content (AvgIpc) is 2.65. The molecular formula is C21H16F3NO3S. The summed E-state index contributed by atoms with van der Waals surface area (Å²) in [5.74, 6) is 0.295. The van der Waals surface area contributed by atoms with Crippen molar-refractivity contribution < 1.29 is 26.3 Å². The van der Waals surface area contributed by atoms with Crippen LogP contribution in [0.4, 0.5) is 13.2 Å². The lowest BCUT2D eigenvalue weighted by Gasteiger charge is -2.31. The van der Waals surface area contributed by atoms with Crippen LogP contribution in [-0.4, -0.2) is 24.5 Å². The molecule has 0 spiro atoms. The van der Waals surface area contributed by atoms with Crippen LogP contribution in [0.5, 0.6) is 5.75 Å². The molecule has 0 N–H and O–H groups in total. The summed E-state index contributed by atoms with van der Waals surface area (Å²) in [5.41, 5.74) is -4.14. The minimum absolute atomic E-state index is 0.248. The van der Waals surface area contributed by atoms with E-state index in [1.807, 2.05) is 30.3 Å². The van der Waals surface area contributed by atoms with Gasteiger partial charge in [0.05, 0.1) is 16.1 Å². The van der Waals surface area contributed by atoms with Crippen molar-refractivity contribution in [2.45, 2.75) is 29.9 Å². The van der Waals surface area contributed by atoms with Gasteiger partial charge in [0.1, 0.15) is 11.4 Å². The van der Waals surface area contributed by atoms with Crippen molar-refractivity contribution in [3.63, 3.8) is 0 Å². The van der Waals surface area contributed by atoms with Crippen LogP contribution in [0.2, 0.25) is 0 Å². The number of alkyl halides is 3. The van der Waals surface area contributed by atoms with Crippen LogP contribution in [0.1, 0.15) is 25.1 Å². The molecule has 3 aromatic rings. The number of para-hydroxylation sites is 1. The second-order valence-corrected chi connectivity index (χ2v) is 9.20. The lowest BCUT2D eigenvalue weighted by molar-refractivity contribution is -0.0436. The predicted molar refractivity (Wildman–Crippen MR) is 103 cm³/mol. The fourth-order valence-electron chi connectivity index (χ4n) is 3.28. The third kappa shape index (κ3) is 3.37. The number of hydrogen-bond acceptors (Lipinski definition) is 4. The lowest BCUT2D eigenvalue weighted by atomic mass is 9.92. The van der Waals surface area contributed by atoms with Gasteiger partial charge in [0.25, 0.3) is 9.84 Å². The summed E-state index contributed by atoms with van der Waals surface area (Å²) in [6.07, 6.45) is 1.73. The number of ether oxygens (including phenoxy) is 1. The van der Waals surface area contributed by atoms with Crippen LogP contribution < -0.4 is 4.74 Å². The SMILES string of the molecule is CC1(C)C=C(c2ccc3ccccc3n2)c2cc(S(=O)(=O)C(F)(F)F)ccc2O1. The molecule has 29 heavy (non-hydrogen) atoms. The first-order valence-electron chi connectivity index (χ1n) is 8.72. The maximum absolute atomic E-state index is 13.0. The van der Waals surface area contributed by atoms with Crippen LogP contribution in [0.3, 0.4) is 0 Å². The topological polar surface area (TPSA) is 56.3 Å². The predicted octanol–water partition coefficient (Wildman–Crippen LogP) is 5.13. The summed E-state index contributed by atoms with van der Waals surface area (Å²) in [6, 6.07) is 14.2. The van der Waals surface area contributed by atoms with Crippen LogP contribution in [-0.2, 0) is 9.84 Å². The normalized spacial score (nSPS) is 16.1. The van der Waals surface area contributed by atoms with Gasteiger partial charge in [-0.15, -0.1) is 0 Å². The largest absolute Gasteiger partial charge is 0.501 e. The fraction of sp³-hybridized carbons (Fsp3) is 0.190.